The van der Waals surface area contributed by atoms with E-state index in [1.54, 1.807) is 45.3 Å². The van der Waals surface area contributed by atoms with Gasteiger partial charge in [0.1, 0.15) is 6.54 Å². The summed E-state index contributed by atoms with van der Waals surface area (Å²) in [5, 5.41) is 9.39. The number of pyridine rings is 1. The highest BCUT2D eigenvalue weighted by atomic mass is 35.5. The summed E-state index contributed by atoms with van der Waals surface area (Å²) in [5.74, 6) is -2.63. The smallest absolute Gasteiger partial charge is 0.320 e. The third-order valence-electron chi connectivity index (χ3n) is 7.30. The molecule has 0 saturated carbocycles. The van der Waals surface area contributed by atoms with Crippen LogP contribution in [0.3, 0.4) is 0 Å². The molecule has 0 radical (unpaired) electrons. The molecule has 3 rings (SSSR count). The van der Waals surface area contributed by atoms with Crippen LogP contribution >= 0.6 is 11.6 Å². The Balaban J connectivity index is 1.99. The third-order valence-corrected chi connectivity index (χ3v) is 11.6. The van der Waals surface area contributed by atoms with Crippen LogP contribution in [0, 0.1) is 13.8 Å². The minimum atomic E-state index is -4.19. The molecule has 0 unspecified atom stereocenters. The van der Waals surface area contributed by atoms with Crippen LogP contribution in [0.1, 0.15) is 50.3 Å². The lowest BCUT2D eigenvalue weighted by molar-refractivity contribution is -0.138. The number of aryl methyl sites for hydroxylation is 1. The number of nitrogens with zero attached hydrogens (tertiary/aromatic N) is 3. The maximum Gasteiger partial charge on any atom is 0.320 e. The van der Waals surface area contributed by atoms with E-state index >= 15 is 0 Å². The molecule has 0 saturated heterocycles. The monoisotopic (exact) mass is 664 g/mol. The number of carbonyl (C=O) groups is 2. The van der Waals surface area contributed by atoms with Crippen molar-refractivity contribution in [2.45, 2.75) is 57.9 Å². The molecule has 2 N–H and O–H groups in total. The van der Waals surface area contributed by atoms with E-state index in [-0.39, 0.29) is 29.3 Å². The van der Waals surface area contributed by atoms with E-state index in [9.17, 15) is 26.4 Å². The number of amides is 1. The molecule has 0 aliphatic heterocycles. The van der Waals surface area contributed by atoms with Crippen LogP contribution in [0.5, 0.6) is 0 Å². The number of aromatic nitrogens is 1. The van der Waals surface area contributed by atoms with Gasteiger partial charge in [-0.15, -0.1) is 4.41 Å². The van der Waals surface area contributed by atoms with Crippen molar-refractivity contribution in [2.75, 3.05) is 18.8 Å². The Morgan fingerprint density at radius 2 is 1.73 bits per heavy atom. The van der Waals surface area contributed by atoms with Gasteiger partial charge in [-0.25, -0.2) is 16.8 Å². The first kappa shape index (κ1) is 35.1. The second kappa shape index (κ2) is 14.2. The fraction of sp³-hybridized carbons (Fsp3) is 0.367. The van der Waals surface area contributed by atoms with Gasteiger partial charge in [0.15, 0.2) is 0 Å². The highest BCUT2D eigenvalue weighted by Crippen LogP contribution is 2.37. The SMILES string of the molecule is CCS(=O)(=O)N(CC(=O)O)NC(=O)CCCN(C(C)(C)c1cccc(-c2ccncc2C)c1)S(=O)(=O)c1cccc(Cl)c1C. The summed E-state index contributed by atoms with van der Waals surface area (Å²) >= 11 is 6.30. The first-order chi connectivity index (χ1) is 20.5. The Hall–Kier alpha value is -3.36. The molecule has 0 spiro atoms. The Bertz CT molecular complexity index is 1750. The lowest BCUT2D eigenvalue weighted by Gasteiger charge is -2.38. The zero-order valence-electron chi connectivity index (χ0n) is 25.2. The van der Waals surface area contributed by atoms with E-state index in [0.717, 1.165) is 16.7 Å². The number of carboxylic acids is 1. The van der Waals surface area contributed by atoms with Gasteiger partial charge in [-0.3, -0.25) is 20.0 Å². The van der Waals surface area contributed by atoms with Crippen LogP contribution in [0.15, 0.2) is 65.8 Å². The molecule has 238 valence electrons. The van der Waals surface area contributed by atoms with Crippen LogP contribution in [0.4, 0.5) is 0 Å². The Morgan fingerprint density at radius 3 is 2.36 bits per heavy atom. The number of aliphatic carboxylic acids is 1. The van der Waals surface area contributed by atoms with Crippen molar-refractivity contribution in [3.63, 3.8) is 0 Å². The van der Waals surface area contributed by atoms with Gasteiger partial charge in [0.2, 0.25) is 26.0 Å². The maximum atomic E-state index is 14.3. The fourth-order valence-electron chi connectivity index (χ4n) is 4.76. The van der Waals surface area contributed by atoms with Crippen molar-refractivity contribution in [1.82, 2.24) is 19.1 Å². The number of halogens is 1. The van der Waals surface area contributed by atoms with Gasteiger partial charge in [0.05, 0.1) is 16.2 Å². The van der Waals surface area contributed by atoms with Crippen molar-refractivity contribution in [3.8, 4) is 11.1 Å². The van der Waals surface area contributed by atoms with Gasteiger partial charge >= 0.3 is 5.97 Å². The summed E-state index contributed by atoms with van der Waals surface area (Å²) in [6, 6.07) is 14.0. The standard InChI is InChI=1S/C30H37ClN4O7S2/c1-6-43(39,40)35(20-29(37)38)33-28(36)14-9-17-34(44(41,42)27-13-8-12-26(31)22(27)3)30(4,5)24-11-7-10-23(18-24)25-15-16-32-19-21(25)2/h7-8,10-13,15-16,18-19H,6,9,14,17,20H2,1-5H3,(H,33,36)(H,37,38). The molecule has 1 heterocycles. The third kappa shape index (κ3) is 8.02. The van der Waals surface area contributed by atoms with E-state index in [1.807, 2.05) is 37.3 Å². The summed E-state index contributed by atoms with van der Waals surface area (Å²) in [4.78, 5) is 28.1. The van der Waals surface area contributed by atoms with Gasteiger partial charge in [-0.05, 0) is 93.1 Å². The molecule has 3 aromatic rings. The number of benzene rings is 2. The second-order valence-corrected chi connectivity index (χ2v) is 15.1. The largest absolute Gasteiger partial charge is 0.480 e. The van der Waals surface area contributed by atoms with Crippen molar-refractivity contribution in [3.05, 3.63) is 82.6 Å². The number of hydrogen-bond acceptors (Lipinski definition) is 7. The Morgan fingerprint density at radius 1 is 1.05 bits per heavy atom. The fourth-order valence-corrected chi connectivity index (χ4v) is 7.91. The summed E-state index contributed by atoms with van der Waals surface area (Å²) in [5.41, 5.74) is 4.86. The first-order valence-electron chi connectivity index (χ1n) is 13.8. The lowest BCUT2D eigenvalue weighted by atomic mass is 9.90. The zero-order valence-corrected chi connectivity index (χ0v) is 27.6. The Kier molecular flexibility index (Phi) is 11.3. The summed E-state index contributed by atoms with van der Waals surface area (Å²) in [6.45, 7) is 7.35. The molecule has 44 heavy (non-hydrogen) atoms. The van der Waals surface area contributed by atoms with Crippen LogP contribution in [-0.2, 0) is 35.2 Å². The molecule has 0 fully saturated rings. The average Bonchev–Trinajstić information content (AvgIpc) is 2.96. The molecule has 14 heteroatoms. The molecule has 11 nitrogen and oxygen atoms in total. The lowest BCUT2D eigenvalue weighted by Crippen LogP contribution is -2.49. The van der Waals surface area contributed by atoms with E-state index in [0.29, 0.717) is 15.5 Å². The van der Waals surface area contributed by atoms with Gasteiger partial charge in [-0.2, -0.15) is 4.31 Å². The quantitative estimate of drug-likeness (QED) is 0.239. The number of carbonyl (C=O) groups excluding carboxylic acids is 1. The van der Waals surface area contributed by atoms with E-state index < -0.39 is 49.8 Å². The molecule has 1 amide bonds. The number of hydrazine groups is 1. The van der Waals surface area contributed by atoms with Crippen LogP contribution in [0.25, 0.3) is 11.1 Å². The van der Waals surface area contributed by atoms with E-state index in [2.05, 4.69) is 10.4 Å². The number of sulfonamides is 2. The zero-order chi connectivity index (χ0) is 32.9. The molecule has 0 atom stereocenters. The van der Waals surface area contributed by atoms with Crippen LogP contribution in [-0.4, -0.2) is 66.4 Å². The highest BCUT2D eigenvalue weighted by Gasteiger charge is 2.39. The van der Waals surface area contributed by atoms with Crippen LogP contribution < -0.4 is 5.43 Å². The second-order valence-electron chi connectivity index (χ2n) is 10.7. The van der Waals surface area contributed by atoms with Crippen LogP contribution in [0.2, 0.25) is 5.02 Å². The summed E-state index contributed by atoms with van der Waals surface area (Å²) < 4.78 is 54.8. The van der Waals surface area contributed by atoms with Gasteiger partial charge in [0, 0.05) is 30.4 Å². The topological polar surface area (TPSA) is 154 Å². The minimum Gasteiger partial charge on any atom is -0.480 e. The van der Waals surface area contributed by atoms with Gasteiger partial charge in [-0.1, -0.05) is 35.9 Å². The van der Waals surface area contributed by atoms with Gasteiger partial charge in [0.25, 0.3) is 0 Å². The maximum absolute atomic E-state index is 14.3. The van der Waals surface area contributed by atoms with E-state index in [4.69, 9.17) is 16.7 Å². The predicted octanol–water partition coefficient (Wildman–Crippen LogP) is 4.49. The highest BCUT2D eigenvalue weighted by molar-refractivity contribution is 7.89. The van der Waals surface area contributed by atoms with E-state index in [1.165, 1.54) is 17.3 Å². The van der Waals surface area contributed by atoms with Crippen molar-refractivity contribution >= 4 is 43.5 Å². The molecule has 0 bridgehead atoms. The predicted molar refractivity (Wildman–Crippen MR) is 169 cm³/mol. The van der Waals surface area contributed by atoms with Crippen molar-refractivity contribution < 1.29 is 31.5 Å². The Labute approximate surface area is 263 Å². The first-order valence-corrected chi connectivity index (χ1v) is 17.3. The van der Waals surface area contributed by atoms with Gasteiger partial charge < -0.3 is 5.11 Å². The molecular formula is C30H37ClN4O7S2. The van der Waals surface area contributed by atoms with Crippen molar-refractivity contribution in [1.29, 1.82) is 0 Å². The molecule has 1 aromatic heterocycles. The summed E-state index contributed by atoms with van der Waals surface area (Å²) in [6.07, 6.45) is 3.17. The number of rotatable bonds is 14. The molecule has 2 aromatic carbocycles. The molecular weight excluding hydrogens is 628 g/mol. The number of hydrogen-bond donors (Lipinski definition) is 2. The molecule has 0 aliphatic carbocycles. The average molecular weight is 665 g/mol. The number of nitrogens with one attached hydrogen (secondary N) is 1. The molecule has 0 aliphatic rings. The van der Waals surface area contributed by atoms with Crippen molar-refractivity contribution in [2.24, 2.45) is 0 Å². The number of carboxylic acid groups (broad SMARTS) is 1. The minimum absolute atomic E-state index is 0.00431. The normalized spacial score (nSPS) is 12.5. The summed E-state index contributed by atoms with van der Waals surface area (Å²) in [7, 11) is -8.24.